The van der Waals surface area contributed by atoms with Crippen LogP contribution < -0.4 is 15.6 Å². The van der Waals surface area contributed by atoms with Crippen LogP contribution in [-0.2, 0) is 0 Å². The molecule has 3 rings (SSSR count). The number of nitrogens with zero attached hydrogens (tertiary/aromatic N) is 1. The maximum Gasteiger partial charge on any atom is 0.263 e. The smallest absolute Gasteiger partial charge is 0.263 e. The molecule has 0 saturated carbocycles. The zero-order valence-corrected chi connectivity index (χ0v) is 10.9. The summed E-state index contributed by atoms with van der Waals surface area (Å²) in [6, 6.07) is 9.02. The Kier molecular flexibility index (Phi) is 3.25. The Morgan fingerprint density at radius 1 is 1.20 bits per heavy atom. The molecule has 0 fully saturated rings. The average molecular weight is 269 g/mol. The molecule has 0 radical (unpaired) electrons. The van der Waals surface area contributed by atoms with Gasteiger partial charge in [-0.1, -0.05) is 12.1 Å². The van der Waals surface area contributed by atoms with Gasteiger partial charge in [-0.25, -0.2) is 0 Å². The van der Waals surface area contributed by atoms with Crippen LogP contribution in [0.15, 0.2) is 47.5 Å². The molecule has 0 atom stereocenters. The van der Waals surface area contributed by atoms with E-state index in [2.05, 4.69) is 10.3 Å². The highest BCUT2D eigenvalue weighted by molar-refractivity contribution is 6.07. The molecule has 1 aliphatic rings. The van der Waals surface area contributed by atoms with E-state index in [4.69, 9.17) is 0 Å². The van der Waals surface area contributed by atoms with Crippen molar-refractivity contribution in [2.45, 2.75) is 6.42 Å². The van der Waals surface area contributed by atoms with Crippen LogP contribution in [0.1, 0.15) is 16.8 Å². The van der Waals surface area contributed by atoms with Crippen molar-refractivity contribution in [3.63, 3.8) is 0 Å². The summed E-state index contributed by atoms with van der Waals surface area (Å²) in [5, 5.41) is 3.30. The van der Waals surface area contributed by atoms with Gasteiger partial charge in [0.1, 0.15) is 5.56 Å². The zero-order valence-electron chi connectivity index (χ0n) is 10.9. The molecule has 2 N–H and O–H groups in total. The summed E-state index contributed by atoms with van der Waals surface area (Å²) in [7, 11) is 0. The van der Waals surface area contributed by atoms with Gasteiger partial charge in [-0.15, -0.1) is 0 Å². The topological polar surface area (TPSA) is 65.2 Å². The standard InChI is InChI=1S/C15H15N3O2/c19-14-6-8-16-10-11(14)15(20)18-9-3-7-17-12-4-1-2-5-13(12)18/h1-2,4-6,8,10,17H,3,7,9H2,(H,16,19). The highest BCUT2D eigenvalue weighted by atomic mass is 16.2. The summed E-state index contributed by atoms with van der Waals surface area (Å²) in [4.78, 5) is 28.9. The third-order valence-corrected chi connectivity index (χ3v) is 3.37. The van der Waals surface area contributed by atoms with E-state index >= 15 is 0 Å². The molecule has 1 aromatic heterocycles. The number of hydrogen-bond donors (Lipinski definition) is 2. The fraction of sp³-hybridized carbons (Fsp3) is 0.200. The van der Waals surface area contributed by atoms with Gasteiger partial charge < -0.3 is 15.2 Å². The van der Waals surface area contributed by atoms with E-state index in [1.54, 1.807) is 4.90 Å². The number of nitrogens with one attached hydrogen (secondary N) is 2. The average Bonchev–Trinajstić information content (AvgIpc) is 2.69. The van der Waals surface area contributed by atoms with Crippen molar-refractivity contribution >= 4 is 17.3 Å². The van der Waals surface area contributed by atoms with Gasteiger partial charge in [0.2, 0.25) is 0 Å². The molecule has 0 saturated heterocycles. The van der Waals surface area contributed by atoms with E-state index in [-0.39, 0.29) is 16.9 Å². The van der Waals surface area contributed by atoms with Crippen molar-refractivity contribution < 1.29 is 4.79 Å². The highest BCUT2D eigenvalue weighted by Crippen LogP contribution is 2.28. The Balaban J connectivity index is 2.04. The molecular formula is C15H15N3O2. The molecule has 1 aliphatic heterocycles. The molecule has 5 heteroatoms. The Morgan fingerprint density at radius 3 is 2.90 bits per heavy atom. The molecule has 0 unspecified atom stereocenters. The van der Waals surface area contributed by atoms with Crippen LogP contribution in [0.3, 0.4) is 0 Å². The van der Waals surface area contributed by atoms with Crippen LogP contribution in [0.2, 0.25) is 0 Å². The minimum Gasteiger partial charge on any atom is -0.383 e. The molecule has 0 bridgehead atoms. The SMILES string of the molecule is O=C(c1c[nH]ccc1=O)N1CCCNc2ccccc21. The number of anilines is 2. The minimum atomic E-state index is -0.261. The van der Waals surface area contributed by atoms with E-state index in [1.807, 2.05) is 24.3 Å². The summed E-state index contributed by atoms with van der Waals surface area (Å²) in [5.41, 5.74) is 1.65. The second kappa shape index (κ2) is 5.21. The number of aromatic amines is 1. The van der Waals surface area contributed by atoms with Gasteiger partial charge in [-0.05, 0) is 18.6 Å². The number of hydrogen-bond acceptors (Lipinski definition) is 3. The Morgan fingerprint density at radius 2 is 2.05 bits per heavy atom. The number of rotatable bonds is 1. The number of carbonyl (C=O) groups excluding carboxylic acids is 1. The molecule has 2 aromatic rings. The van der Waals surface area contributed by atoms with Crippen LogP contribution in [-0.4, -0.2) is 24.0 Å². The lowest BCUT2D eigenvalue weighted by atomic mass is 10.2. The summed E-state index contributed by atoms with van der Waals surface area (Å²) in [5.74, 6) is -0.261. The van der Waals surface area contributed by atoms with Crippen LogP contribution in [0.4, 0.5) is 11.4 Å². The van der Waals surface area contributed by atoms with E-state index in [9.17, 15) is 9.59 Å². The van der Waals surface area contributed by atoms with E-state index < -0.39 is 0 Å². The van der Waals surface area contributed by atoms with Crippen LogP contribution in [0.5, 0.6) is 0 Å². The predicted octanol–water partition coefficient (Wildman–Crippen LogP) is 1.84. The normalized spacial score (nSPS) is 14.1. The molecule has 5 nitrogen and oxygen atoms in total. The Bertz CT molecular complexity index is 693. The summed E-state index contributed by atoms with van der Waals surface area (Å²) in [6.45, 7) is 1.41. The van der Waals surface area contributed by atoms with Crippen LogP contribution in [0, 0.1) is 0 Å². The largest absolute Gasteiger partial charge is 0.383 e. The molecule has 0 aliphatic carbocycles. The van der Waals surface area contributed by atoms with Gasteiger partial charge in [0, 0.05) is 31.5 Å². The molecular weight excluding hydrogens is 254 g/mol. The van der Waals surface area contributed by atoms with E-state index in [0.29, 0.717) is 6.54 Å². The number of benzene rings is 1. The number of amides is 1. The Hall–Kier alpha value is -2.56. The second-order valence-electron chi connectivity index (χ2n) is 4.68. The highest BCUT2D eigenvalue weighted by Gasteiger charge is 2.23. The minimum absolute atomic E-state index is 0.171. The number of pyridine rings is 1. The van der Waals surface area contributed by atoms with Gasteiger partial charge in [0.05, 0.1) is 11.4 Å². The van der Waals surface area contributed by atoms with Gasteiger partial charge in [0.25, 0.3) is 5.91 Å². The maximum atomic E-state index is 12.6. The lowest BCUT2D eigenvalue weighted by Crippen LogP contribution is -2.34. The van der Waals surface area contributed by atoms with Crippen molar-refractivity contribution in [1.29, 1.82) is 0 Å². The van der Waals surface area contributed by atoms with Gasteiger partial charge in [-0.2, -0.15) is 0 Å². The first kappa shape index (κ1) is 12.5. The molecule has 1 amide bonds. The number of carbonyl (C=O) groups is 1. The number of H-pyrrole nitrogens is 1. The van der Waals surface area contributed by atoms with Gasteiger partial charge in [0.15, 0.2) is 5.43 Å². The molecule has 0 spiro atoms. The van der Waals surface area contributed by atoms with Crippen molar-refractivity contribution in [3.8, 4) is 0 Å². The lowest BCUT2D eigenvalue weighted by molar-refractivity contribution is 0.0986. The summed E-state index contributed by atoms with van der Waals surface area (Å²) in [6.07, 6.45) is 3.83. The van der Waals surface area contributed by atoms with Gasteiger partial charge in [-0.3, -0.25) is 9.59 Å². The molecule has 2 heterocycles. The first-order valence-electron chi connectivity index (χ1n) is 6.59. The maximum absolute atomic E-state index is 12.6. The fourth-order valence-corrected chi connectivity index (χ4v) is 2.38. The monoisotopic (exact) mass is 269 g/mol. The predicted molar refractivity (Wildman–Crippen MR) is 78.3 cm³/mol. The molecule has 102 valence electrons. The molecule has 1 aromatic carbocycles. The third-order valence-electron chi connectivity index (χ3n) is 3.37. The number of para-hydroxylation sites is 2. The quantitative estimate of drug-likeness (QED) is 0.830. The summed E-state index contributed by atoms with van der Waals surface area (Å²) >= 11 is 0. The first-order chi connectivity index (χ1) is 9.77. The van der Waals surface area contributed by atoms with Crippen molar-refractivity contribution in [2.24, 2.45) is 0 Å². The fourth-order valence-electron chi connectivity index (χ4n) is 2.38. The second-order valence-corrected chi connectivity index (χ2v) is 4.68. The first-order valence-corrected chi connectivity index (χ1v) is 6.59. The van der Waals surface area contributed by atoms with E-state index in [0.717, 1.165) is 24.3 Å². The number of fused-ring (bicyclic) bond motifs is 1. The van der Waals surface area contributed by atoms with E-state index in [1.165, 1.54) is 18.5 Å². The number of aromatic nitrogens is 1. The van der Waals surface area contributed by atoms with Gasteiger partial charge >= 0.3 is 0 Å². The van der Waals surface area contributed by atoms with Crippen molar-refractivity contribution in [2.75, 3.05) is 23.3 Å². The Labute approximate surface area is 116 Å². The third kappa shape index (κ3) is 2.18. The van der Waals surface area contributed by atoms with Crippen molar-refractivity contribution in [1.82, 2.24) is 4.98 Å². The van der Waals surface area contributed by atoms with Crippen LogP contribution >= 0.6 is 0 Å². The van der Waals surface area contributed by atoms with Crippen molar-refractivity contribution in [3.05, 3.63) is 58.5 Å². The summed E-state index contributed by atoms with van der Waals surface area (Å²) < 4.78 is 0. The lowest BCUT2D eigenvalue weighted by Gasteiger charge is -2.22. The molecule has 20 heavy (non-hydrogen) atoms. The zero-order chi connectivity index (χ0) is 13.9. The van der Waals surface area contributed by atoms with Crippen LogP contribution in [0.25, 0.3) is 0 Å².